The van der Waals surface area contributed by atoms with Gasteiger partial charge in [0.2, 0.25) is 5.95 Å². The van der Waals surface area contributed by atoms with Crippen LogP contribution in [0.5, 0.6) is 0 Å². The maximum Gasteiger partial charge on any atom is 0.227 e. The highest BCUT2D eigenvalue weighted by Gasteiger charge is 2.08. The lowest BCUT2D eigenvalue weighted by Gasteiger charge is -2.07. The Labute approximate surface area is 145 Å². The molecule has 0 radical (unpaired) electrons. The summed E-state index contributed by atoms with van der Waals surface area (Å²) in [7, 11) is 0. The molecular weight excluding hydrogens is 320 g/mol. The van der Waals surface area contributed by atoms with E-state index in [2.05, 4.69) is 57.6 Å². The van der Waals surface area contributed by atoms with Crippen molar-refractivity contribution in [3.63, 3.8) is 0 Å². The maximum atomic E-state index is 5.50. The number of nitrogens with two attached hydrogens (primary N) is 1. The van der Waals surface area contributed by atoms with Gasteiger partial charge in [-0.25, -0.2) is 15.0 Å². The van der Waals surface area contributed by atoms with Crippen LogP contribution in [0.1, 0.15) is 11.1 Å². The molecule has 0 atom stereocenters. The molecule has 0 aliphatic carbocycles. The Hall–Kier alpha value is -2.51. The fraction of sp³-hybridized carbons (Fsp3) is 0.235. The number of rotatable bonds is 6. The average molecular weight is 340 g/mol. The highest BCUT2D eigenvalue weighted by Crippen LogP contribution is 2.27. The molecule has 124 valence electrons. The molecule has 0 bridgehead atoms. The molecule has 2 heterocycles. The van der Waals surface area contributed by atoms with Crippen LogP contribution in [0.3, 0.4) is 0 Å². The predicted octanol–water partition coefficient (Wildman–Crippen LogP) is 3.33. The zero-order valence-electron chi connectivity index (χ0n) is 13.7. The van der Waals surface area contributed by atoms with Gasteiger partial charge in [0.05, 0.1) is 6.20 Å². The Morgan fingerprint density at radius 1 is 1.12 bits per heavy atom. The minimum atomic E-state index is 0.559. The van der Waals surface area contributed by atoms with Gasteiger partial charge >= 0.3 is 0 Å². The van der Waals surface area contributed by atoms with Gasteiger partial charge in [0.25, 0.3) is 0 Å². The van der Waals surface area contributed by atoms with E-state index in [0.29, 0.717) is 12.5 Å². The summed E-state index contributed by atoms with van der Waals surface area (Å²) in [5.41, 5.74) is 9.67. The number of nitrogens with zero attached hydrogens (tertiary/aromatic N) is 3. The van der Waals surface area contributed by atoms with E-state index in [4.69, 9.17) is 5.73 Å². The number of thiazole rings is 1. The first kappa shape index (κ1) is 16.4. The Kier molecular flexibility index (Phi) is 5.02. The molecule has 0 amide bonds. The summed E-state index contributed by atoms with van der Waals surface area (Å²) in [6, 6.07) is 8.13. The summed E-state index contributed by atoms with van der Waals surface area (Å²) in [6.45, 7) is 5.46. The SMILES string of the molecule is Cc1cc(C)cc(Nc2nccc(-c3ncc(NCCN)s3)n2)c1. The summed E-state index contributed by atoms with van der Waals surface area (Å²) in [6.07, 6.45) is 3.54. The van der Waals surface area contributed by atoms with Crippen molar-refractivity contribution in [1.82, 2.24) is 15.0 Å². The van der Waals surface area contributed by atoms with Crippen LogP contribution in [0.2, 0.25) is 0 Å². The van der Waals surface area contributed by atoms with Crippen molar-refractivity contribution in [2.45, 2.75) is 13.8 Å². The van der Waals surface area contributed by atoms with Crippen LogP contribution in [-0.2, 0) is 0 Å². The summed E-state index contributed by atoms with van der Waals surface area (Å²) in [4.78, 5) is 13.3. The molecule has 0 spiro atoms. The molecular formula is C17H20N6S. The third-order valence-corrected chi connectivity index (χ3v) is 4.28. The third kappa shape index (κ3) is 4.06. The molecule has 3 aromatic rings. The first-order chi connectivity index (χ1) is 11.6. The molecule has 24 heavy (non-hydrogen) atoms. The van der Waals surface area contributed by atoms with Gasteiger partial charge in [-0.05, 0) is 43.2 Å². The molecule has 7 heteroatoms. The topological polar surface area (TPSA) is 88.8 Å². The number of aromatic nitrogens is 3. The Balaban J connectivity index is 1.80. The lowest BCUT2D eigenvalue weighted by molar-refractivity contribution is 1.03. The van der Waals surface area contributed by atoms with Crippen LogP contribution in [0.4, 0.5) is 16.6 Å². The van der Waals surface area contributed by atoms with E-state index < -0.39 is 0 Å². The molecule has 0 aliphatic heterocycles. The largest absolute Gasteiger partial charge is 0.374 e. The number of anilines is 3. The van der Waals surface area contributed by atoms with Gasteiger partial charge in [-0.3, -0.25) is 0 Å². The summed E-state index contributed by atoms with van der Waals surface area (Å²) < 4.78 is 0. The fourth-order valence-electron chi connectivity index (χ4n) is 2.38. The van der Waals surface area contributed by atoms with Crippen LogP contribution in [0.15, 0.2) is 36.7 Å². The quantitative estimate of drug-likeness (QED) is 0.638. The van der Waals surface area contributed by atoms with E-state index in [1.54, 1.807) is 23.7 Å². The molecule has 0 aliphatic rings. The minimum absolute atomic E-state index is 0.559. The zero-order chi connectivity index (χ0) is 16.9. The molecule has 3 rings (SSSR count). The van der Waals surface area contributed by atoms with Crippen molar-refractivity contribution in [2.24, 2.45) is 5.73 Å². The van der Waals surface area contributed by atoms with Gasteiger partial charge in [0.15, 0.2) is 0 Å². The van der Waals surface area contributed by atoms with Crippen molar-refractivity contribution in [2.75, 3.05) is 23.7 Å². The van der Waals surface area contributed by atoms with Gasteiger partial charge in [-0.2, -0.15) is 0 Å². The standard InChI is InChI=1S/C17H20N6S/c1-11-7-12(2)9-13(8-11)22-17-20-5-3-14(23-17)16-21-10-15(24-16)19-6-4-18/h3,5,7-10,19H,4,6,18H2,1-2H3,(H,20,22,23). The van der Waals surface area contributed by atoms with E-state index in [1.807, 2.05) is 6.07 Å². The lowest BCUT2D eigenvalue weighted by Crippen LogP contribution is -2.12. The molecule has 4 N–H and O–H groups in total. The molecule has 0 saturated carbocycles. The Morgan fingerprint density at radius 3 is 2.67 bits per heavy atom. The smallest absolute Gasteiger partial charge is 0.227 e. The maximum absolute atomic E-state index is 5.50. The number of benzene rings is 1. The normalized spacial score (nSPS) is 10.6. The van der Waals surface area contributed by atoms with Crippen LogP contribution in [-0.4, -0.2) is 28.0 Å². The van der Waals surface area contributed by atoms with E-state index in [-0.39, 0.29) is 0 Å². The minimum Gasteiger partial charge on any atom is -0.374 e. The molecule has 0 saturated heterocycles. The first-order valence-electron chi connectivity index (χ1n) is 7.72. The summed E-state index contributed by atoms with van der Waals surface area (Å²) in [5, 5.41) is 8.31. The van der Waals surface area contributed by atoms with Crippen molar-refractivity contribution in [3.8, 4) is 10.7 Å². The fourth-order valence-corrected chi connectivity index (χ4v) is 3.20. The number of hydrogen-bond donors (Lipinski definition) is 3. The van der Waals surface area contributed by atoms with Crippen molar-refractivity contribution in [3.05, 3.63) is 47.8 Å². The number of nitrogens with one attached hydrogen (secondary N) is 2. The van der Waals surface area contributed by atoms with Gasteiger partial charge in [-0.15, -0.1) is 0 Å². The summed E-state index contributed by atoms with van der Waals surface area (Å²) >= 11 is 1.55. The van der Waals surface area contributed by atoms with Crippen molar-refractivity contribution >= 4 is 28.0 Å². The van der Waals surface area contributed by atoms with Crippen LogP contribution in [0, 0.1) is 13.8 Å². The van der Waals surface area contributed by atoms with E-state index in [1.165, 1.54) is 11.1 Å². The van der Waals surface area contributed by atoms with Gasteiger partial charge in [-0.1, -0.05) is 17.4 Å². The Bertz CT molecular complexity index is 809. The molecule has 0 fully saturated rings. The van der Waals surface area contributed by atoms with E-state index in [9.17, 15) is 0 Å². The average Bonchev–Trinajstić information content (AvgIpc) is 3.01. The predicted molar refractivity (Wildman–Crippen MR) is 99.9 cm³/mol. The summed E-state index contributed by atoms with van der Waals surface area (Å²) in [5.74, 6) is 0.559. The lowest BCUT2D eigenvalue weighted by atomic mass is 10.1. The van der Waals surface area contributed by atoms with Gasteiger partial charge in [0, 0.05) is 25.0 Å². The van der Waals surface area contributed by atoms with E-state index >= 15 is 0 Å². The number of hydrogen-bond acceptors (Lipinski definition) is 7. The highest BCUT2D eigenvalue weighted by atomic mass is 32.1. The second kappa shape index (κ2) is 7.37. The second-order valence-electron chi connectivity index (χ2n) is 5.51. The monoisotopic (exact) mass is 340 g/mol. The van der Waals surface area contributed by atoms with Crippen LogP contribution < -0.4 is 16.4 Å². The van der Waals surface area contributed by atoms with Crippen molar-refractivity contribution in [1.29, 1.82) is 0 Å². The molecule has 2 aromatic heterocycles. The van der Waals surface area contributed by atoms with Crippen molar-refractivity contribution < 1.29 is 0 Å². The Morgan fingerprint density at radius 2 is 1.92 bits per heavy atom. The second-order valence-corrected chi connectivity index (χ2v) is 6.54. The third-order valence-electron chi connectivity index (χ3n) is 3.30. The van der Waals surface area contributed by atoms with E-state index in [0.717, 1.165) is 27.9 Å². The van der Waals surface area contributed by atoms with Crippen LogP contribution in [0.25, 0.3) is 10.7 Å². The zero-order valence-corrected chi connectivity index (χ0v) is 14.5. The molecule has 1 aromatic carbocycles. The number of aryl methyl sites for hydroxylation is 2. The van der Waals surface area contributed by atoms with Crippen LogP contribution >= 0.6 is 11.3 Å². The molecule has 0 unspecified atom stereocenters. The van der Waals surface area contributed by atoms with Gasteiger partial charge < -0.3 is 16.4 Å². The molecule has 6 nitrogen and oxygen atoms in total. The van der Waals surface area contributed by atoms with Gasteiger partial charge in [0.1, 0.15) is 15.7 Å². The highest BCUT2D eigenvalue weighted by molar-refractivity contribution is 7.18. The first-order valence-corrected chi connectivity index (χ1v) is 8.54.